The first-order valence-corrected chi connectivity index (χ1v) is 7.74. The molecule has 1 aliphatic heterocycles. The summed E-state index contributed by atoms with van der Waals surface area (Å²) in [7, 11) is 0. The first-order chi connectivity index (χ1) is 10.1. The molecule has 1 aromatic carbocycles. The van der Waals surface area contributed by atoms with Gasteiger partial charge in [-0.2, -0.15) is 0 Å². The lowest BCUT2D eigenvalue weighted by atomic mass is 9.84. The number of carbonyl (C=O) groups excluding carboxylic acids is 2. The van der Waals surface area contributed by atoms with Crippen molar-refractivity contribution in [1.82, 2.24) is 4.90 Å². The van der Waals surface area contributed by atoms with Gasteiger partial charge in [0.15, 0.2) is 0 Å². The number of anilines is 1. The Morgan fingerprint density at radius 2 is 1.86 bits per heavy atom. The molecule has 1 saturated carbocycles. The largest absolute Gasteiger partial charge is 0.329 e. The maximum absolute atomic E-state index is 12.4. The monoisotopic (exact) mass is 286 g/mol. The second-order valence-electron chi connectivity index (χ2n) is 6.28. The topological polar surface area (TPSA) is 40.6 Å². The van der Waals surface area contributed by atoms with E-state index in [0.717, 1.165) is 24.9 Å². The summed E-state index contributed by atoms with van der Waals surface area (Å²) in [4.78, 5) is 28.4. The second kappa shape index (κ2) is 5.51. The van der Waals surface area contributed by atoms with Gasteiger partial charge < -0.3 is 9.80 Å². The van der Waals surface area contributed by atoms with Crippen LogP contribution in [0, 0.1) is 12.8 Å². The molecule has 112 valence electrons. The Morgan fingerprint density at radius 3 is 2.43 bits per heavy atom. The molecule has 1 aliphatic carbocycles. The normalized spacial score (nSPS) is 23.1. The third kappa shape index (κ3) is 2.67. The van der Waals surface area contributed by atoms with Crippen LogP contribution in [-0.2, 0) is 9.59 Å². The van der Waals surface area contributed by atoms with Gasteiger partial charge in [0, 0.05) is 24.2 Å². The minimum atomic E-state index is 0.0182. The molecule has 1 saturated heterocycles. The van der Waals surface area contributed by atoms with Crippen molar-refractivity contribution in [2.45, 2.75) is 39.2 Å². The number of aryl methyl sites for hydroxylation is 1. The van der Waals surface area contributed by atoms with E-state index in [2.05, 4.69) is 0 Å². The molecule has 2 amide bonds. The highest BCUT2D eigenvalue weighted by atomic mass is 16.2. The van der Waals surface area contributed by atoms with E-state index in [-0.39, 0.29) is 30.3 Å². The first-order valence-electron chi connectivity index (χ1n) is 7.74. The van der Waals surface area contributed by atoms with Crippen molar-refractivity contribution >= 4 is 17.5 Å². The predicted octanol–water partition coefficient (Wildman–Crippen LogP) is 2.36. The average molecular weight is 286 g/mol. The molecule has 4 heteroatoms. The van der Waals surface area contributed by atoms with Crippen LogP contribution in [0.1, 0.15) is 31.7 Å². The van der Waals surface area contributed by atoms with Crippen LogP contribution in [0.2, 0.25) is 0 Å². The summed E-state index contributed by atoms with van der Waals surface area (Å²) >= 11 is 0. The van der Waals surface area contributed by atoms with Crippen LogP contribution in [0.5, 0.6) is 0 Å². The van der Waals surface area contributed by atoms with E-state index in [1.165, 1.54) is 5.56 Å². The minimum Gasteiger partial charge on any atom is -0.329 e. The van der Waals surface area contributed by atoms with Crippen molar-refractivity contribution < 1.29 is 9.59 Å². The van der Waals surface area contributed by atoms with E-state index in [4.69, 9.17) is 0 Å². The fourth-order valence-corrected chi connectivity index (χ4v) is 3.01. The summed E-state index contributed by atoms with van der Waals surface area (Å²) in [5.41, 5.74) is 2.10. The van der Waals surface area contributed by atoms with Gasteiger partial charge in [-0.1, -0.05) is 24.1 Å². The number of hydrogen-bond acceptors (Lipinski definition) is 2. The summed E-state index contributed by atoms with van der Waals surface area (Å²) in [6.07, 6.45) is 3.11. The molecule has 0 spiro atoms. The number of amides is 2. The van der Waals surface area contributed by atoms with E-state index >= 15 is 0 Å². The number of nitrogens with zero attached hydrogens (tertiary/aromatic N) is 2. The Balaban J connectivity index is 1.73. The molecule has 0 radical (unpaired) electrons. The Labute approximate surface area is 125 Å². The van der Waals surface area contributed by atoms with Crippen LogP contribution in [0.4, 0.5) is 5.69 Å². The summed E-state index contributed by atoms with van der Waals surface area (Å²) in [6.45, 7) is 4.86. The van der Waals surface area contributed by atoms with Gasteiger partial charge in [-0.3, -0.25) is 9.59 Å². The maximum atomic E-state index is 12.4. The summed E-state index contributed by atoms with van der Waals surface area (Å²) in [6, 6.07) is 8.06. The van der Waals surface area contributed by atoms with E-state index in [1.54, 1.807) is 9.80 Å². The quantitative estimate of drug-likeness (QED) is 0.837. The lowest BCUT2D eigenvalue weighted by molar-refractivity contribution is -0.145. The number of rotatable bonds is 2. The standard InChI is InChI=1S/C17H22N2O2/c1-12-6-8-15(9-7-12)19-10-13(2)18(11-16(19)20)17(21)14-4-3-5-14/h6-9,13-14H,3-5,10-11H2,1-2H3/t13-/m1/s1. The van der Waals surface area contributed by atoms with Crippen LogP contribution < -0.4 is 4.90 Å². The Morgan fingerprint density at radius 1 is 1.19 bits per heavy atom. The summed E-state index contributed by atoms with van der Waals surface area (Å²) in [5.74, 6) is 0.349. The summed E-state index contributed by atoms with van der Waals surface area (Å²) in [5, 5.41) is 0. The molecular formula is C17H22N2O2. The Hall–Kier alpha value is -1.84. The molecule has 1 atom stereocenters. The van der Waals surface area contributed by atoms with E-state index in [9.17, 15) is 9.59 Å². The third-order valence-corrected chi connectivity index (χ3v) is 4.67. The van der Waals surface area contributed by atoms with Gasteiger partial charge in [-0.05, 0) is 38.8 Å². The van der Waals surface area contributed by atoms with E-state index in [1.807, 2.05) is 38.1 Å². The third-order valence-electron chi connectivity index (χ3n) is 4.67. The fraction of sp³-hybridized carbons (Fsp3) is 0.529. The Kier molecular flexibility index (Phi) is 3.70. The zero-order chi connectivity index (χ0) is 15.0. The number of hydrogen-bond donors (Lipinski definition) is 0. The second-order valence-corrected chi connectivity index (χ2v) is 6.28. The van der Waals surface area contributed by atoms with E-state index < -0.39 is 0 Å². The smallest absolute Gasteiger partial charge is 0.246 e. The van der Waals surface area contributed by atoms with Crippen molar-refractivity contribution in [1.29, 1.82) is 0 Å². The van der Waals surface area contributed by atoms with Crippen LogP contribution in [-0.4, -0.2) is 35.8 Å². The van der Waals surface area contributed by atoms with Crippen LogP contribution in [0.25, 0.3) is 0 Å². The molecule has 1 heterocycles. The fourth-order valence-electron chi connectivity index (χ4n) is 3.01. The van der Waals surface area contributed by atoms with Gasteiger partial charge in [0.05, 0.1) is 0 Å². The highest BCUT2D eigenvalue weighted by Crippen LogP contribution is 2.30. The van der Waals surface area contributed by atoms with Gasteiger partial charge in [-0.15, -0.1) is 0 Å². The van der Waals surface area contributed by atoms with Crippen molar-refractivity contribution in [3.8, 4) is 0 Å². The molecule has 0 N–H and O–H groups in total. The molecule has 1 aromatic rings. The lowest BCUT2D eigenvalue weighted by Gasteiger charge is -2.42. The van der Waals surface area contributed by atoms with Crippen molar-refractivity contribution in [2.75, 3.05) is 18.0 Å². The van der Waals surface area contributed by atoms with Crippen molar-refractivity contribution in [3.05, 3.63) is 29.8 Å². The molecule has 3 rings (SSSR count). The number of benzene rings is 1. The first kappa shape index (κ1) is 14.1. The SMILES string of the molecule is Cc1ccc(N2C[C@@H](C)N(C(=O)C3CCC3)CC2=O)cc1. The summed E-state index contributed by atoms with van der Waals surface area (Å²) < 4.78 is 0. The highest BCUT2D eigenvalue weighted by molar-refractivity contribution is 5.98. The van der Waals surface area contributed by atoms with Gasteiger partial charge in [0.25, 0.3) is 0 Å². The minimum absolute atomic E-state index is 0.0182. The zero-order valence-electron chi connectivity index (χ0n) is 12.7. The lowest BCUT2D eigenvalue weighted by Crippen LogP contribution is -2.58. The number of piperazine rings is 1. The number of carbonyl (C=O) groups is 2. The molecule has 2 fully saturated rings. The van der Waals surface area contributed by atoms with Gasteiger partial charge in [0.2, 0.25) is 11.8 Å². The molecular weight excluding hydrogens is 264 g/mol. The predicted molar refractivity (Wildman–Crippen MR) is 82.0 cm³/mol. The van der Waals surface area contributed by atoms with Gasteiger partial charge in [0.1, 0.15) is 6.54 Å². The van der Waals surface area contributed by atoms with Crippen molar-refractivity contribution in [3.63, 3.8) is 0 Å². The molecule has 0 aromatic heterocycles. The van der Waals surface area contributed by atoms with Crippen LogP contribution >= 0.6 is 0 Å². The molecule has 0 bridgehead atoms. The maximum Gasteiger partial charge on any atom is 0.246 e. The van der Waals surface area contributed by atoms with Gasteiger partial charge in [-0.25, -0.2) is 0 Å². The average Bonchev–Trinajstić information content (AvgIpc) is 2.40. The molecule has 2 aliphatic rings. The van der Waals surface area contributed by atoms with Crippen LogP contribution in [0.3, 0.4) is 0 Å². The van der Waals surface area contributed by atoms with Crippen molar-refractivity contribution in [2.24, 2.45) is 5.92 Å². The highest BCUT2D eigenvalue weighted by Gasteiger charge is 2.37. The Bertz CT molecular complexity index is 548. The van der Waals surface area contributed by atoms with Crippen LogP contribution in [0.15, 0.2) is 24.3 Å². The van der Waals surface area contributed by atoms with Gasteiger partial charge >= 0.3 is 0 Å². The molecule has 4 nitrogen and oxygen atoms in total. The van der Waals surface area contributed by atoms with E-state index in [0.29, 0.717) is 6.54 Å². The zero-order valence-corrected chi connectivity index (χ0v) is 12.7. The molecule has 0 unspecified atom stereocenters. The molecule has 21 heavy (non-hydrogen) atoms.